The van der Waals surface area contributed by atoms with Crippen LogP contribution in [0.5, 0.6) is 5.75 Å². The molecule has 1 N–H and O–H groups in total. The molecule has 1 fully saturated rings. The Morgan fingerprint density at radius 1 is 1.17 bits per heavy atom. The van der Waals surface area contributed by atoms with Crippen molar-refractivity contribution in [2.75, 3.05) is 7.05 Å². The number of likely N-dealkylation sites (N-methyl/N-ethyl adjacent to an activating group) is 1. The molecular weight excluding hydrogens is 292 g/mol. The molecule has 0 spiro atoms. The lowest BCUT2D eigenvalue weighted by Crippen LogP contribution is -2.45. The number of aromatic nitrogens is 1. The first-order valence-corrected chi connectivity index (χ1v) is 7.75. The van der Waals surface area contributed by atoms with Gasteiger partial charge in [-0.2, -0.15) is 0 Å². The van der Waals surface area contributed by atoms with Crippen molar-refractivity contribution in [2.45, 2.75) is 31.1 Å². The summed E-state index contributed by atoms with van der Waals surface area (Å²) in [6.45, 7) is 0. The number of rotatable bonds is 4. The van der Waals surface area contributed by atoms with Crippen LogP contribution < -0.4 is 4.74 Å². The van der Waals surface area contributed by atoms with E-state index in [0.717, 1.165) is 5.75 Å². The zero-order valence-corrected chi connectivity index (χ0v) is 13.0. The number of ether oxygens (including phenoxy) is 1. The SMILES string of the molecule is CN(C(=O)c1ccccn1)[C@@H]1CC[C@H](Oc2ccccc2)[C@H]1O. The molecule has 120 valence electrons. The van der Waals surface area contributed by atoms with Crippen molar-refractivity contribution in [3.8, 4) is 5.75 Å². The normalized spacial score (nSPS) is 23.5. The summed E-state index contributed by atoms with van der Waals surface area (Å²) in [7, 11) is 1.70. The number of carbonyl (C=O) groups excluding carboxylic acids is 1. The van der Waals surface area contributed by atoms with Gasteiger partial charge in [0.15, 0.2) is 0 Å². The Kier molecular flexibility index (Phi) is 4.57. The monoisotopic (exact) mass is 312 g/mol. The van der Waals surface area contributed by atoms with Gasteiger partial charge in [-0.25, -0.2) is 0 Å². The van der Waals surface area contributed by atoms with Gasteiger partial charge in [0.05, 0.1) is 6.04 Å². The Hall–Kier alpha value is -2.40. The summed E-state index contributed by atoms with van der Waals surface area (Å²) < 4.78 is 5.85. The number of amides is 1. The molecule has 2 aromatic rings. The molecule has 1 heterocycles. The molecule has 3 atom stereocenters. The maximum Gasteiger partial charge on any atom is 0.272 e. The number of para-hydroxylation sites is 1. The van der Waals surface area contributed by atoms with Gasteiger partial charge in [0.2, 0.25) is 0 Å². The molecule has 0 radical (unpaired) electrons. The molecule has 1 saturated carbocycles. The van der Waals surface area contributed by atoms with Crippen molar-refractivity contribution < 1.29 is 14.6 Å². The lowest BCUT2D eigenvalue weighted by molar-refractivity contribution is 0.0164. The van der Waals surface area contributed by atoms with Crippen LogP contribution in [0.2, 0.25) is 0 Å². The minimum Gasteiger partial charge on any atom is -0.488 e. The molecule has 3 rings (SSSR count). The minimum absolute atomic E-state index is 0.185. The first-order chi connectivity index (χ1) is 11.2. The Labute approximate surface area is 135 Å². The van der Waals surface area contributed by atoms with Crippen molar-refractivity contribution in [3.05, 3.63) is 60.4 Å². The largest absolute Gasteiger partial charge is 0.488 e. The number of aliphatic hydroxyl groups excluding tert-OH is 1. The minimum atomic E-state index is -0.715. The van der Waals surface area contributed by atoms with Crippen molar-refractivity contribution in [1.29, 1.82) is 0 Å². The Morgan fingerprint density at radius 3 is 2.61 bits per heavy atom. The standard InChI is InChI=1S/C18H20N2O3/c1-20(18(22)14-9-5-6-12-19-14)15-10-11-16(17(15)21)23-13-7-3-2-4-8-13/h2-9,12,15-17,21H,10-11H2,1H3/t15-,16+,17+/m1/s1. The molecule has 1 amide bonds. The number of carbonyl (C=O) groups is 1. The van der Waals surface area contributed by atoms with Crippen LogP contribution in [0.15, 0.2) is 54.7 Å². The molecule has 1 aromatic carbocycles. The van der Waals surface area contributed by atoms with Gasteiger partial charge in [-0.3, -0.25) is 9.78 Å². The number of hydrogen-bond donors (Lipinski definition) is 1. The second-order valence-electron chi connectivity index (χ2n) is 5.74. The maximum atomic E-state index is 12.5. The van der Waals surface area contributed by atoms with Gasteiger partial charge in [-0.15, -0.1) is 0 Å². The van der Waals surface area contributed by atoms with Crippen molar-refractivity contribution in [2.24, 2.45) is 0 Å². The van der Waals surface area contributed by atoms with E-state index < -0.39 is 6.10 Å². The highest BCUT2D eigenvalue weighted by molar-refractivity contribution is 5.92. The van der Waals surface area contributed by atoms with Gasteiger partial charge >= 0.3 is 0 Å². The summed E-state index contributed by atoms with van der Waals surface area (Å²) in [5.74, 6) is 0.547. The second kappa shape index (κ2) is 6.79. The number of benzene rings is 1. The molecule has 0 bridgehead atoms. The summed E-state index contributed by atoms with van der Waals surface area (Å²) in [6, 6.07) is 14.4. The highest BCUT2D eigenvalue weighted by atomic mass is 16.5. The van der Waals surface area contributed by atoms with Crippen LogP contribution in [0.4, 0.5) is 0 Å². The summed E-state index contributed by atoms with van der Waals surface area (Å²) in [5.41, 5.74) is 0.384. The van der Waals surface area contributed by atoms with E-state index in [4.69, 9.17) is 4.74 Å². The van der Waals surface area contributed by atoms with Crippen LogP contribution >= 0.6 is 0 Å². The third-order valence-corrected chi connectivity index (χ3v) is 4.25. The van der Waals surface area contributed by atoms with E-state index in [1.807, 2.05) is 30.3 Å². The molecule has 1 aromatic heterocycles. The number of aliphatic hydroxyl groups is 1. The van der Waals surface area contributed by atoms with Gasteiger partial charge in [0, 0.05) is 13.2 Å². The maximum absolute atomic E-state index is 12.5. The zero-order chi connectivity index (χ0) is 16.2. The number of hydrogen-bond acceptors (Lipinski definition) is 4. The number of pyridine rings is 1. The third-order valence-electron chi connectivity index (χ3n) is 4.25. The fourth-order valence-corrected chi connectivity index (χ4v) is 2.97. The van der Waals surface area contributed by atoms with Crippen molar-refractivity contribution in [3.63, 3.8) is 0 Å². The average molecular weight is 312 g/mol. The Bertz CT molecular complexity index is 648. The summed E-state index contributed by atoms with van der Waals surface area (Å²) >= 11 is 0. The van der Waals surface area contributed by atoms with E-state index in [9.17, 15) is 9.90 Å². The molecule has 5 nitrogen and oxygen atoms in total. The lowest BCUT2D eigenvalue weighted by atomic mass is 10.1. The molecular formula is C18H20N2O3. The third kappa shape index (κ3) is 3.35. The fraction of sp³-hybridized carbons (Fsp3) is 0.333. The van der Waals surface area contributed by atoms with E-state index in [0.29, 0.717) is 18.5 Å². The quantitative estimate of drug-likeness (QED) is 0.939. The molecule has 23 heavy (non-hydrogen) atoms. The topological polar surface area (TPSA) is 62.7 Å². The first-order valence-electron chi connectivity index (χ1n) is 7.75. The molecule has 0 unspecified atom stereocenters. The van der Waals surface area contributed by atoms with Gasteiger partial charge in [-0.1, -0.05) is 24.3 Å². The molecule has 0 saturated heterocycles. The fourth-order valence-electron chi connectivity index (χ4n) is 2.97. The van der Waals surface area contributed by atoms with E-state index >= 15 is 0 Å². The Balaban J connectivity index is 1.66. The van der Waals surface area contributed by atoms with E-state index in [1.165, 1.54) is 0 Å². The van der Waals surface area contributed by atoms with Gasteiger partial charge in [-0.05, 0) is 37.1 Å². The van der Waals surface area contributed by atoms with Crippen LogP contribution in [0.25, 0.3) is 0 Å². The van der Waals surface area contributed by atoms with Crippen LogP contribution in [0, 0.1) is 0 Å². The zero-order valence-electron chi connectivity index (χ0n) is 13.0. The highest BCUT2D eigenvalue weighted by Gasteiger charge is 2.40. The Morgan fingerprint density at radius 2 is 1.91 bits per heavy atom. The first kappa shape index (κ1) is 15.5. The van der Waals surface area contributed by atoms with Gasteiger partial charge < -0.3 is 14.7 Å². The molecule has 0 aliphatic heterocycles. The van der Waals surface area contributed by atoms with Crippen LogP contribution in [0.3, 0.4) is 0 Å². The predicted molar refractivity (Wildman–Crippen MR) is 86.2 cm³/mol. The average Bonchev–Trinajstić information content (AvgIpc) is 2.96. The van der Waals surface area contributed by atoms with Crippen LogP contribution in [0.1, 0.15) is 23.3 Å². The highest BCUT2D eigenvalue weighted by Crippen LogP contribution is 2.28. The van der Waals surface area contributed by atoms with E-state index in [2.05, 4.69) is 4.98 Å². The van der Waals surface area contributed by atoms with Gasteiger partial charge in [0.25, 0.3) is 5.91 Å². The van der Waals surface area contributed by atoms with Gasteiger partial charge in [0.1, 0.15) is 23.7 Å². The van der Waals surface area contributed by atoms with Crippen molar-refractivity contribution >= 4 is 5.91 Å². The molecule has 5 heteroatoms. The number of nitrogens with zero attached hydrogens (tertiary/aromatic N) is 2. The second-order valence-corrected chi connectivity index (χ2v) is 5.74. The smallest absolute Gasteiger partial charge is 0.272 e. The van der Waals surface area contributed by atoms with Crippen molar-refractivity contribution in [1.82, 2.24) is 9.88 Å². The van der Waals surface area contributed by atoms with E-state index in [-0.39, 0.29) is 18.1 Å². The summed E-state index contributed by atoms with van der Waals surface area (Å²) in [5, 5.41) is 10.5. The molecule has 1 aliphatic rings. The summed E-state index contributed by atoms with van der Waals surface area (Å²) in [4.78, 5) is 18.1. The van der Waals surface area contributed by atoms with Crippen LogP contribution in [-0.4, -0.2) is 46.2 Å². The van der Waals surface area contributed by atoms with E-state index in [1.54, 1.807) is 36.3 Å². The molecule has 1 aliphatic carbocycles. The summed E-state index contributed by atoms with van der Waals surface area (Å²) in [6.07, 6.45) is 1.98. The lowest BCUT2D eigenvalue weighted by Gasteiger charge is -2.28. The predicted octanol–water partition coefficient (Wildman–Crippen LogP) is 2.12. The van der Waals surface area contributed by atoms with Crippen LogP contribution in [-0.2, 0) is 0 Å².